The van der Waals surface area contributed by atoms with Crippen molar-refractivity contribution < 1.29 is 13.5 Å². The third kappa shape index (κ3) is 5.11. The molecule has 1 N–H and O–H groups in total. The summed E-state index contributed by atoms with van der Waals surface area (Å²) in [6.45, 7) is -1.42. The van der Waals surface area contributed by atoms with Crippen LogP contribution in [0, 0.1) is 5.92 Å². The molecule has 0 bridgehead atoms. The molecule has 6 heteroatoms. The first-order valence-corrected chi connectivity index (χ1v) is 8.20. The molecule has 2 rings (SSSR count). The summed E-state index contributed by atoms with van der Waals surface area (Å²) >= 11 is 7.90. The minimum atomic E-state index is -2.81. The number of ether oxygens (including phenoxy) is 1. The zero-order valence-electron chi connectivity index (χ0n) is 11.1. The molecule has 0 saturated carbocycles. The fourth-order valence-electron chi connectivity index (χ4n) is 2.26. The Morgan fingerprint density at radius 1 is 1.35 bits per heavy atom. The second-order valence-corrected chi connectivity index (χ2v) is 6.48. The summed E-state index contributed by atoms with van der Waals surface area (Å²) in [5, 5.41) is 3.84. The Morgan fingerprint density at radius 3 is 2.80 bits per heavy atom. The lowest BCUT2D eigenvalue weighted by atomic mass is 10.0. The van der Waals surface area contributed by atoms with Gasteiger partial charge in [-0.05, 0) is 55.0 Å². The molecule has 0 radical (unpaired) electrons. The molecule has 0 aromatic heterocycles. The monoisotopic (exact) mass is 321 g/mol. The van der Waals surface area contributed by atoms with Crippen LogP contribution in [-0.4, -0.2) is 24.7 Å². The molecule has 1 aromatic carbocycles. The van der Waals surface area contributed by atoms with Crippen LogP contribution >= 0.6 is 23.4 Å². The van der Waals surface area contributed by atoms with E-state index in [9.17, 15) is 8.78 Å². The van der Waals surface area contributed by atoms with Gasteiger partial charge >= 0.3 is 6.61 Å². The summed E-state index contributed by atoms with van der Waals surface area (Å²) in [7, 11) is 0. The van der Waals surface area contributed by atoms with Gasteiger partial charge < -0.3 is 10.1 Å². The average molecular weight is 322 g/mol. The lowest BCUT2D eigenvalue weighted by Gasteiger charge is -2.22. The van der Waals surface area contributed by atoms with Crippen LogP contribution in [0.2, 0.25) is 5.02 Å². The quantitative estimate of drug-likeness (QED) is 0.849. The molecule has 2 nitrogen and oxygen atoms in total. The van der Waals surface area contributed by atoms with Crippen LogP contribution in [0.4, 0.5) is 8.78 Å². The van der Waals surface area contributed by atoms with E-state index < -0.39 is 6.61 Å². The van der Waals surface area contributed by atoms with E-state index >= 15 is 0 Å². The highest BCUT2D eigenvalue weighted by Gasteiger charge is 2.14. The van der Waals surface area contributed by atoms with Crippen molar-refractivity contribution in [2.75, 3.05) is 18.1 Å². The van der Waals surface area contributed by atoms with E-state index in [1.807, 2.05) is 11.8 Å². The third-order valence-corrected chi connectivity index (χ3v) is 4.61. The average Bonchev–Trinajstić information content (AvgIpc) is 2.42. The van der Waals surface area contributed by atoms with Gasteiger partial charge in [0.25, 0.3) is 0 Å². The van der Waals surface area contributed by atoms with Gasteiger partial charge in [-0.25, -0.2) is 0 Å². The van der Waals surface area contributed by atoms with E-state index in [0.717, 1.165) is 6.54 Å². The Bertz CT molecular complexity index is 428. The molecule has 1 fully saturated rings. The maximum atomic E-state index is 12.3. The van der Waals surface area contributed by atoms with Crippen molar-refractivity contribution in [2.45, 2.75) is 26.0 Å². The minimum Gasteiger partial charge on any atom is -0.434 e. The van der Waals surface area contributed by atoms with E-state index in [0.29, 0.717) is 23.0 Å². The fraction of sp³-hybridized carbons (Fsp3) is 0.571. The molecule has 0 aliphatic carbocycles. The first-order valence-electron chi connectivity index (χ1n) is 6.67. The van der Waals surface area contributed by atoms with Gasteiger partial charge in [0.05, 0.1) is 0 Å². The lowest BCUT2D eigenvalue weighted by molar-refractivity contribution is -0.0505. The number of alkyl halides is 2. The zero-order valence-corrected chi connectivity index (χ0v) is 12.7. The molecular weight excluding hydrogens is 304 g/mol. The molecule has 0 spiro atoms. The van der Waals surface area contributed by atoms with Gasteiger partial charge in [0.2, 0.25) is 0 Å². The number of rotatable bonds is 6. The van der Waals surface area contributed by atoms with Gasteiger partial charge in [-0.15, -0.1) is 0 Å². The smallest absolute Gasteiger partial charge is 0.387 e. The number of halogens is 3. The van der Waals surface area contributed by atoms with Crippen molar-refractivity contribution in [3.8, 4) is 5.75 Å². The lowest BCUT2D eigenvalue weighted by Crippen LogP contribution is -2.25. The predicted molar refractivity (Wildman–Crippen MR) is 79.8 cm³/mol. The molecule has 112 valence electrons. The highest BCUT2D eigenvalue weighted by molar-refractivity contribution is 7.99. The maximum Gasteiger partial charge on any atom is 0.387 e. The summed E-state index contributed by atoms with van der Waals surface area (Å²) in [4.78, 5) is 0. The molecule has 1 heterocycles. The van der Waals surface area contributed by atoms with Crippen molar-refractivity contribution in [1.29, 1.82) is 0 Å². The van der Waals surface area contributed by atoms with E-state index in [1.165, 1.54) is 30.4 Å². The SMILES string of the molecule is FC(F)Oc1ccc(Cl)cc1CNCC1CCSCC1. The molecule has 1 aliphatic heterocycles. The van der Waals surface area contributed by atoms with Crippen molar-refractivity contribution >= 4 is 23.4 Å². The predicted octanol–water partition coefficient (Wildman–Crippen LogP) is 4.17. The summed E-state index contributed by atoms with van der Waals surface area (Å²) in [5.74, 6) is 3.29. The van der Waals surface area contributed by atoms with Crippen LogP contribution in [0.5, 0.6) is 5.75 Å². The van der Waals surface area contributed by atoms with Gasteiger partial charge in [0.15, 0.2) is 0 Å². The number of thioether (sulfide) groups is 1. The van der Waals surface area contributed by atoms with Crippen LogP contribution in [0.1, 0.15) is 18.4 Å². The maximum absolute atomic E-state index is 12.3. The highest BCUT2D eigenvalue weighted by Crippen LogP contribution is 2.25. The number of benzene rings is 1. The van der Waals surface area contributed by atoms with Gasteiger partial charge in [0.1, 0.15) is 5.75 Å². The van der Waals surface area contributed by atoms with Gasteiger partial charge in [-0.3, -0.25) is 0 Å². The fourth-order valence-corrected chi connectivity index (χ4v) is 3.66. The van der Waals surface area contributed by atoms with Crippen molar-refractivity contribution in [1.82, 2.24) is 5.32 Å². The van der Waals surface area contributed by atoms with Gasteiger partial charge in [-0.2, -0.15) is 20.5 Å². The van der Waals surface area contributed by atoms with E-state index in [1.54, 1.807) is 12.1 Å². The molecule has 1 saturated heterocycles. The van der Waals surface area contributed by atoms with Crippen molar-refractivity contribution in [3.63, 3.8) is 0 Å². The number of hydrogen-bond acceptors (Lipinski definition) is 3. The Kier molecular flexibility index (Phi) is 6.39. The molecular formula is C14H18ClF2NOS. The van der Waals surface area contributed by atoms with Crippen LogP contribution in [-0.2, 0) is 6.54 Å². The normalized spacial score (nSPS) is 16.6. The largest absolute Gasteiger partial charge is 0.434 e. The van der Waals surface area contributed by atoms with Gasteiger partial charge in [-0.1, -0.05) is 11.6 Å². The van der Waals surface area contributed by atoms with Crippen LogP contribution in [0.15, 0.2) is 18.2 Å². The molecule has 1 aromatic rings. The molecule has 0 unspecified atom stereocenters. The Balaban J connectivity index is 1.88. The van der Waals surface area contributed by atoms with Crippen molar-refractivity contribution in [3.05, 3.63) is 28.8 Å². The summed E-state index contributed by atoms with van der Waals surface area (Å²) in [6.07, 6.45) is 2.43. The Hall–Kier alpha value is -0.520. The second kappa shape index (κ2) is 8.05. The summed E-state index contributed by atoms with van der Waals surface area (Å²) < 4.78 is 29.2. The van der Waals surface area contributed by atoms with Crippen LogP contribution < -0.4 is 10.1 Å². The minimum absolute atomic E-state index is 0.191. The first-order chi connectivity index (χ1) is 9.65. The van der Waals surface area contributed by atoms with E-state index in [4.69, 9.17) is 11.6 Å². The topological polar surface area (TPSA) is 21.3 Å². The Morgan fingerprint density at radius 2 is 2.10 bits per heavy atom. The highest BCUT2D eigenvalue weighted by atomic mass is 35.5. The van der Waals surface area contributed by atoms with Crippen LogP contribution in [0.25, 0.3) is 0 Å². The standard InChI is InChI=1S/C14H18ClF2NOS/c15-12-1-2-13(19-14(16)17)11(7-12)9-18-8-10-3-5-20-6-4-10/h1-2,7,10,14,18H,3-6,8-9H2. The van der Waals surface area contributed by atoms with Crippen LogP contribution in [0.3, 0.4) is 0 Å². The zero-order chi connectivity index (χ0) is 14.4. The Labute approximate surface area is 127 Å². The van der Waals surface area contributed by atoms with E-state index in [2.05, 4.69) is 10.1 Å². The number of nitrogens with one attached hydrogen (secondary N) is 1. The summed E-state index contributed by atoms with van der Waals surface area (Å²) in [5.41, 5.74) is 0.669. The first kappa shape index (κ1) is 15.9. The molecule has 0 amide bonds. The van der Waals surface area contributed by atoms with Crippen molar-refractivity contribution in [2.24, 2.45) is 5.92 Å². The molecule has 20 heavy (non-hydrogen) atoms. The summed E-state index contributed by atoms with van der Waals surface area (Å²) in [6, 6.07) is 4.72. The molecule has 1 aliphatic rings. The third-order valence-electron chi connectivity index (χ3n) is 3.33. The van der Waals surface area contributed by atoms with Gasteiger partial charge in [0, 0.05) is 17.1 Å². The van der Waals surface area contributed by atoms with E-state index in [-0.39, 0.29) is 5.75 Å². The number of hydrogen-bond donors (Lipinski definition) is 1. The molecule has 0 atom stereocenters. The second-order valence-electron chi connectivity index (χ2n) is 4.82.